The molecule has 1 unspecified atom stereocenters. The Bertz CT molecular complexity index is 626. The summed E-state index contributed by atoms with van der Waals surface area (Å²) in [6, 6.07) is 14.6. The van der Waals surface area contributed by atoms with Crippen LogP contribution in [0.2, 0.25) is 0 Å². The third-order valence-electron chi connectivity index (χ3n) is 3.90. The molecule has 2 aromatic rings. The molecule has 0 amide bonds. The zero-order valence-electron chi connectivity index (χ0n) is 11.5. The lowest BCUT2D eigenvalue weighted by Gasteiger charge is -2.31. The van der Waals surface area contributed by atoms with Gasteiger partial charge in [-0.2, -0.15) is 0 Å². The maximum Gasteiger partial charge on any atom is 0.126 e. The minimum atomic E-state index is 0.0294. The van der Waals surface area contributed by atoms with Crippen LogP contribution in [-0.4, -0.2) is 0 Å². The van der Waals surface area contributed by atoms with Gasteiger partial charge >= 0.3 is 0 Å². The highest BCUT2D eigenvalue weighted by Crippen LogP contribution is 2.41. The molecule has 1 aliphatic rings. The molecule has 2 N–H and O–H groups in total. The van der Waals surface area contributed by atoms with Crippen LogP contribution in [0.5, 0.6) is 5.75 Å². The summed E-state index contributed by atoms with van der Waals surface area (Å²) in [6.07, 6.45) is 1.88. The van der Waals surface area contributed by atoms with Crippen molar-refractivity contribution in [2.24, 2.45) is 5.73 Å². The third kappa shape index (κ3) is 2.48. The van der Waals surface area contributed by atoms with Gasteiger partial charge in [0, 0.05) is 22.5 Å². The van der Waals surface area contributed by atoms with Gasteiger partial charge in [0.15, 0.2) is 0 Å². The monoisotopic (exact) mass is 331 g/mol. The van der Waals surface area contributed by atoms with Crippen LogP contribution in [0, 0.1) is 0 Å². The summed E-state index contributed by atoms with van der Waals surface area (Å²) in [6.45, 7) is 2.17. The standard InChI is InChI=1S/C17H18BrNO/c1-2-11-5-3-4-6-13(11)17-10-15(19)14-8-7-12(18)9-16(14)20-17/h3-9,15,17H,2,10,19H2,1H3/t15-,17?/m1/s1. The van der Waals surface area contributed by atoms with Gasteiger partial charge in [-0.1, -0.05) is 53.2 Å². The van der Waals surface area contributed by atoms with Gasteiger partial charge in [0.25, 0.3) is 0 Å². The number of rotatable bonds is 2. The van der Waals surface area contributed by atoms with Crippen LogP contribution in [0.15, 0.2) is 46.9 Å². The first kappa shape index (κ1) is 13.7. The van der Waals surface area contributed by atoms with E-state index in [9.17, 15) is 0 Å². The Labute approximate surface area is 128 Å². The Morgan fingerprint density at radius 2 is 2.00 bits per heavy atom. The first-order valence-electron chi connectivity index (χ1n) is 6.98. The maximum atomic E-state index is 6.32. The molecule has 0 spiro atoms. The number of hydrogen-bond acceptors (Lipinski definition) is 2. The van der Waals surface area contributed by atoms with E-state index >= 15 is 0 Å². The molecule has 0 saturated heterocycles. The quantitative estimate of drug-likeness (QED) is 0.877. The molecule has 2 atom stereocenters. The van der Waals surface area contributed by atoms with Gasteiger partial charge in [-0.3, -0.25) is 0 Å². The van der Waals surface area contributed by atoms with Crippen molar-refractivity contribution in [2.75, 3.05) is 0 Å². The van der Waals surface area contributed by atoms with E-state index in [-0.39, 0.29) is 12.1 Å². The third-order valence-corrected chi connectivity index (χ3v) is 4.39. The predicted molar refractivity (Wildman–Crippen MR) is 84.9 cm³/mol. The highest BCUT2D eigenvalue weighted by molar-refractivity contribution is 9.10. The van der Waals surface area contributed by atoms with Crippen LogP contribution < -0.4 is 10.5 Å². The largest absolute Gasteiger partial charge is 0.485 e. The number of fused-ring (bicyclic) bond motifs is 1. The van der Waals surface area contributed by atoms with E-state index in [1.165, 1.54) is 11.1 Å². The van der Waals surface area contributed by atoms with Gasteiger partial charge in [-0.15, -0.1) is 0 Å². The molecule has 0 bridgehead atoms. The lowest BCUT2D eigenvalue weighted by Crippen LogP contribution is -2.24. The molecule has 1 heterocycles. The van der Waals surface area contributed by atoms with Crippen LogP contribution >= 0.6 is 15.9 Å². The number of benzene rings is 2. The van der Waals surface area contributed by atoms with Crippen LogP contribution in [0.3, 0.4) is 0 Å². The average molecular weight is 332 g/mol. The van der Waals surface area contributed by atoms with Crippen molar-refractivity contribution in [2.45, 2.75) is 31.9 Å². The van der Waals surface area contributed by atoms with Crippen molar-refractivity contribution in [3.63, 3.8) is 0 Å². The van der Waals surface area contributed by atoms with Crippen molar-refractivity contribution in [3.8, 4) is 5.75 Å². The molecule has 3 rings (SSSR count). The lowest BCUT2D eigenvalue weighted by atomic mass is 9.91. The van der Waals surface area contributed by atoms with E-state index in [1.807, 2.05) is 18.2 Å². The Morgan fingerprint density at radius 1 is 1.20 bits per heavy atom. The zero-order valence-corrected chi connectivity index (χ0v) is 13.1. The Hall–Kier alpha value is -1.32. The fraction of sp³-hybridized carbons (Fsp3) is 0.294. The summed E-state index contributed by atoms with van der Waals surface area (Å²) < 4.78 is 7.22. The van der Waals surface area contributed by atoms with Crippen LogP contribution in [-0.2, 0) is 6.42 Å². The van der Waals surface area contributed by atoms with E-state index < -0.39 is 0 Å². The summed E-state index contributed by atoms with van der Waals surface area (Å²) in [4.78, 5) is 0. The molecule has 0 saturated carbocycles. The van der Waals surface area contributed by atoms with Gasteiger partial charge in [0.2, 0.25) is 0 Å². The van der Waals surface area contributed by atoms with E-state index in [2.05, 4.69) is 47.1 Å². The second-order valence-corrected chi connectivity index (χ2v) is 6.10. The Morgan fingerprint density at radius 3 is 2.80 bits per heavy atom. The van der Waals surface area contributed by atoms with E-state index in [0.717, 1.165) is 28.6 Å². The van der Waals surface area contributed by atoms with Crippen LogP contribution in [0.1, 0.15) is 42.2 Å². The van der Waals surface area contributed by atoms with Crippen molar-refractivity contribution in [1.29, 1.82) is 0 Å². The van der Waals surface area contributed by atoms with Gasteiger partial charge in [-0.25, -0.2) is 0 Å². The molecule has 0 radical (unpaired) electrons. The molecule has 2 aromatic carbocycles. The molecule has 3 heteroatoms. The first-order valence-corrected chi connectivity index (χ1v) is 7.78. The van der Waals surface area contributed by atoms with Crippen LogP contribution in [0.4, 0.5) is 0 Å². The van der Waals surface area contributed by atoms with Crippen molar-refractivity contribution in [1.82, 2.24) is 0 Å². The molecule has 20 heavy (non-hydrogen) atoms. The summed E-state index contributed by atoms with van der Waals surface area (Å²) >= 11 is 3.49. The fourth-order valence-corrected chi connectivity index (χ4v) is 3.18. The summed E-state index contributed by atoms with van der Waals surface area (Å²) in [5.74, 6) is 0.897. The van der Waals surface area contributed by atoms with Gasteiger partial charge in [0.1, 0.15) is 11.9 Å². The second-order valence-electron chi connectivity index (χ2n) is 5.18. The molecular formula is C17H18BrNO. The summed E-state index contributed by atoms with van der Waals surface area (Å²) in [5.41, 5.74) is 10.0. The summed E-state index contributed by atoms with van der Waals surface area (Å²) in [5, 5.41) is 0. The van der Waals surface area contributed by atoms with Gasteiger partial charge in [-0.05, 0) is 29.7 Å². The first-order chi connectivity index (χ1) is 9.69. The number of hydrogen-bond donors (Lipinski definition) is 1. The molecule has 2 nitrogen and oxygen atoms in total. The second kappa shape index (κ2) is 5.58. The number of aryl methyl sites for hydroxylation is 1. The molecule has 104 valence electrons. The van der Waals surface area contributed by atoms with Gasteiger partial charge in [0.05, 0.1) is 0 Å². The highest BCUT2D eigenvalue weighted by atomic mass is 79.9. The topological polar surface area (TPSA) is 35.2 Å². The van der Waals surface area contributed by atoms with Crippen LogP contribution in [0.25, 0.3) is 0 Å². The molecule has 0 fully saturated rings. The van der Waals surface area contributed by atoms with E-state index in [4.69, 9.17) is 10.5 Å². The lowest BCUT2D eigenvalue weighted by molar-refractivity contribution is 0.160. The maximum absolute atomic E-state index is 6.32. The minimum Gasteiger partial charge on any atom is -0.485 e. The van der Waals surface area contributed by atoms with E-state index in [1.54, 1.807) is 0 Å². The molecular weight excluding hydrogens is 314 g/mol. The SMILES string of the molecule is CCc1ccccc1C1C[C@@H](N)c2ccc(Br)cc2O1. The predicted octanol–water partition coefficient (Wildman–Crippen LogP) is 4.54. The van der Waals surface area contributed by atoms with E-state index in [0.29, 0.717) is 0 Å². The zero-order chi connectivity index (χ0) is 14.1. The highest BCUT2D eigenvalue weighted by Gasteiger charge is 2.28. The number of nitrogens with two attached hydrogens (primary N) is 1. The van der Waals surface area contributed by atoms with Crippen molar-refractivity contribution < 1.29 is 4.74 Å². The smallest absolute Gasteiger partial charge is 0.126 e. The molecule has 0 aliphatic carbocycles. The van der Waals surface area contributed by atoms with Crippen molar-refractivity contribution >= 4 is 15.9 Å². The average Bonchev–Trinajstić information content (AvgIpc) is 2.46. The molecule has 0 aromatic heterocycles. The van der Waals surface area contributed by atoms with Gasteiger partial charge < -0.3 is 10.5 Å². The Kier molecular flexibility index (Phi) is 3.81. The number of ether oxygens (including phenoxy) is 1. The minimum absolute atomic E-state index is 0.0294. The number of halogens is 1. The normalized spacial score (nSPS) is 21.1. The fourth-order valence-electron chi connectivity index (χ4n) is 2.84. The Balaban J connectivity index is 1.98. The van der Waals surface area contributed by atoms with Crippen molar-refractivity contribution in [3.05, 3.63) is 63.6 Å². The summed E-state index contributed by atoms with van der Waals surface area (Å²) in [7, 11) is 0. The molecule has 1 aliphatic heterocycles.